The smallest absolute Gasteiger partial charge is 0.356 e. The summed E-state index contributed by atoms with van der Waals surface area (Å²) in [5.74, 6) is -1.13. The van der Waals surface area contributed by atoms with Crippen LogP contribution in [0.25, 0.3) is 5.69 Å². The predicted molar refractivity (Wildman–Crippen MR) is 71.7 cm³/mol. The van der Waals surface area contributed by atoms with Crippen LogP contribution in [-0.4, -0.2) is 25.8 Å². The van der Waals surface area contributed by atoms with Gasteiger partial charge in [-0.1, -0.05) is 11.6 Å². The number of carbonyl (C=O) groups is 1. The quantitative estimate of drug-likeness (QED) is 0.693. The van der Waals surface area contributed by atoms with Crippen LogP contribution < -0.4 is 0 Å². The molecule has 0 amide bonds. The number of nitrogens with zero attached hydrogens (tertiary/aromatic N) is 3. The van der Waals surface area contributed by atoms with Gasteiger partial charge in [-0.15, -0.1) is 0 Å². The summed E-state index contributed by atoms with van der Waals surface area (Å²) < 4.78 is 1.35. The minimum absolute atomic E-state index is 0.0272. The zero-order chi connectivity index (χ0) is 15.0. The van der Waals surface area contributed by atoms with Crippen LogP contribution in [0.3, 0.4) is 0 Å². The molecule has 7 nitrogen and oxygen atoms in total. The molecule has 0 spiro atoms. The molecule has 1 heterocycles. The average molecular weight is 296 g/mol. The number of halogens is 1. The molecule has 0 saturated heterocycles. The van der Waals surface area contributed by atoms with Crippen LogP contribution in [0.2, 0.25) is 5.02 Å². The van der Waals surface area contributed by atoms with Crippen LogP contribution in [0.1, 0.15) is 21.6 Å². The molecule has 8 heteroatoms. The van der Waals surface area contributed by atoms with E-state index in [9.17, 15) is 14.9 Å². The van der Waals surface area contributed by atoms with Crippen LogP contribution in [0.5, 0.6) is 0 Å². The number of nitro groups is 1. The third-order valence-electron chi connectivity index (χ3n) is 2.81. The lowest BCUT2D eigenvalue weighted by Gasteiger charge is -2.06. The fourth-order valence-electron chi connectivity index (χ4n) is 1.84. The normalized spacial score (nSPS) is 10.6. The number of rotatable bonds is 3. The van der Waals surface area contributed by atoms with Crippen LogP contribution in [0, 0.1) is 24.0 Å². The molecule has 0 saturated carbocycles. The van der Waals surface area contributed by atoms with Crippen LogP contribution in [0.4, 0.5) is 5.69 Å². The maximum Gasteiger partial charge on any atom is 0.356 e. The van der Waals surface area contributed by atoms with Crippen molar-refractivity contribution in [1.29, 1.82) is 0 Å². The fraction of sp³-hybridized carbons (Fsp3) is 0.167. The number of nitro benzene ring substituents is 1. The standard InChI is InChI=1S/C12H10ClN3O4/c1-6-3-10(16(19)20)8(13)4-9(6)15-5-7(2)11(14-15)12(17)18/h3-5H,1-2H3,(H,17,18). The van der Waals surface area contributed by atoms with Gasteiger partial charge < -0.3 is 5.11 Å². The second-order valence-corrected chi connectivity index (χ2v) is 4.66. The Balaban J connectivity index is 2.59. The van der Waals surface area contributed by atoms with E-state index in [1.807, 2.05) is 0 Å². The van der Waals surface area contributed by atoms with Gasteiger partial charge in [-0.25, -0.2) is 9.48 Å². The van der Waals surface area contributed by atoms with Gasteiger partial charge in [0.2, 0.25) is 0 Å². The van der Waals surface area contributed by atoms with E-state index in [0.717, 1.165) is 0 Å². The van der Waals surface area contributed by atoms with E-state index in [1.165, 1.54) is 23.0 Å². The second-order valence-electron chi connectivity index (χ2n) is 4.26. The topological polar surface area (TPSA) is 98.3 Å². The van der Waals surface area contributed by atoms with Crippen LogP contribution >= 0.6 is 11.6 Å². The molecule has 1 aromatic heterocycles. The Bertz CT molecular complexity index is 724. The molecule has 2 rings (SSSR count). The van der Waals surface area contributed by atoms with Gasteiger partial charge in [-0.2, -0.15) is 5.10 Å². The lowest BCUT2D eigenvalue weighted by atomic mass is 10.2. The predicted octanol–water partition coefficient (Wildman–Crippen LogP) is 2.75. The largest absolute Gasteiger partial charge is 0.476 e. The highest BCUT2D eigenvalue weighted by atomic mass is 35.5. The molecule has 0 radical (unpaired) electrons. The molecule has 1 aromatic carbocycles. The Morgan fingerprint density at radius 2 is 2.05 bits per heavy atom. The monoisotopic (exact) mass is 295 g/mol. The number of aromatic nitrogens is 2. The number of hydrogen-bond donors (Lipinski definition) is 1. The van der Waals surface area contributed by atoms with Crippen molar-refractivity contribution in [3.63, 3.8) is 0 Å². The van der Waals surface area contributed by atoms with E-state index in [0.29, 0.717) is 16.8 Å². The molecular formula is C12H10ClN3O4. The van der Waals surface area contributed by atoms with Crippen molar-refractivity contribution in [2.45, 2.75) is 13.8 Å². The average Bonchev–Trinajstić information content (AvgIpc) is 2.73. The number of carboxylic acid groups (broad SMARTS) is 1. The number of hydrogen-bond acceptors (Lipinski definition) is 4. The summed E-state index contributed by atoms with van der Waals surface area (Å²) in [6.45, 7) is 3.28. The number of aryl methyl sites for hydroxylation is 2. The summed E-state index contributed by atoms with van der Waals surface area (Å²) in [5, 5.41) is 23.7. The Morgan fingerprint density at radius 1 is 1.40 bits per heavy atom. The molecule has 0 aliphatic heterocycles. The van der Waals surface area contributed by atoms with E-state index in [4.69, 9.17) is 16.7 Å². The summed E-state index contributed by atoms with van der Waals surface area (Å²) in [6, 6.07) is 2.72. The Kier molecular flexibility index (Phi) is 3.46. The van der Waals surface area contributed by atoms with Gasteiger partial charge in [0.15, 0.2) is 5.69 Å². The van der Waals surface area contributed by atoms with Gasteiger partial charge in [0.1, 0.15) is 5.02 Å². The second kappa shape index (κ2) is 4.93. The van der Waals surface area contributed by atoms with Gasteiger partial charge in [-0.05, 0) is 25.5 Å². The first kappa shape index (κ1) is 14.0. The molecule has 0 aliphatic carbocycles. The third-order valence-corrected chi connectivity index (χ3v) is 3.11. The van der Waals surface area contributed by atoms with E-state index < -0.39 is 10.9 Å². The zero-order valence-electron chi connectivity index (χ0n) is 10.6. The van der Waals surface area contributed by atoms with Crippen molar-refractivity contribution >= 4 is 23.3 Å². The maximum atomic E-state index is 11.0. The Labute approximate surface area is 118 Å². The van der Waals surface area contributed by atoms with Gasteiger partial charge in [0.25, 0.3) is 5.69 Å². The van der Waals surface area contributed by atoms with E-state index in [1.54, 1.807) is 13.8 Å². The lowest BCUT2D eigenvalue weighted by molar-refractivity contribution is -0.384. The molecule has 2 aromatic rings. The van der Waals surface area contributed by atoms with E-state index in [-0.39, 0.29) is 16.4 Å². The number of carboxylic acids is 1. The van der Waals surface area contributed by atoms with Gasteiger partial charge in [0, 0.05) is 17.8 Å². The Morgan fingerprint density at radius 3 is 2.55 bits per heavy atom. The maximum absolute atomic E-state index is 11.0. The first-order valence-electron chi connectivity index (χ1n) is 5.55. The summed E-state index contributed by atoms with van der Waals surface area (Å²) >= 11 is 5.86. The summed E-state index contributed by atoms with van der Waals surface area (Å²) in [4.78, 5) is 21.2. The Hall–Kier alpha value is -2.41. The van der Waals surface area contributed by atoms with Crippen molar-refractivity contribution in [3.05, 3.63) is 50.3 Å². The number of aromatic carboxylic acids is 1. The summed E-state index contributed by atoms with van der Waals surface area (Å²) in [6.07, 6.45) is 1.54. The van der Waals surface area contributed by atoms with Crippen molar-refractivity contribution < 1.29 is 14.8 Å². The molecular weight excluding hydrogens is 286 g/mol. The van der Waals surface area contributed by atoms with Gasteiger partial charge in [-0.3, -0.25) is 10.1 Å². The highest BCUT2D eigenvalue weighted by Crippen LogP contribution is 2.29. The van der Waals surface area contributed by atoms with Crippen LogP contribution in [0.15, 0.2) is 18.3 Å². The zero-order valence-corrected chi connectivity index (χ0v) is 11.4. The molecule has 0 aliphatic rings. The molecule has 0 fully saturated rings. The molecule has 104 valence electrons. The van der Waals surface area contributed by atoms with Crippen LogP contribution in [-0.2, 0) is 0 Å². The lowest BCUT2D eigenvalue weighted by Crippen LogP contribution is -2.03. The fourth-order valence-corrected chi connectivity index (χ4v) is 2.06. The summed E-state index contributed by atoms with van der Waals surface area (Å²) in [5.41, 5.74) is 1.29. The minimum atomic E-state index is -1.13. The first-order chi connectivity index (χ1) is 9.31. The minimum Gasteiger partial charge on any atom is -0.476 e. The SMILES string of the molecule is Cc1cc([N+](=O)[O-])c(Cl)cc1-n1cc(C)c(C(=O)O)n1. The molecule has 0 bridgehead atoms. The van der Waals surface area contributed by atoms with Crippen molar-refractivity contribution in [3.8, 4) is 5.69 Å². The van der Waals surface area contributed by atoms with E-state index >= 15 is 0 Å². The first-order valence-corrected chi connectivity index (χ1v) is 5.93. The van der Waals surface area contributed by atoms with Crippen molar-refractivity contribution in [2.24, 2.45) is 0 Å². The highest BCUT2D eigenvalue weighted by molar-refractivity contribution is 6.32. The summed E-state index contributed by atoms with van der Waals surface area (Å²) in [7, 11) is 0. The van der Waals surface area contributed by atoms with E-state index in [2.05, 4.69) is 5.10 Å². The van der Waals surface area contributed by atoms with Gasteiger partial charge in [0.05, 0.1) is 10.6 Å². The third kappa shape index (κ3) is 2.35. The van der Waals surface area contributed by atoms with Crippen molar-refractivity contribution in [1.82, 2.24) is 9.78 Å². The molecule has 0 unspecified atom stereocenters. The van der Waals surface area contributed by atoms with Gasteiger partial charge >= 0.3 is 5.97 Å². The van der Waals surface area contributed by atoms with Crippen molar-refractivity contribution in [2.75, 3.05) is 0 Å². The number of benzene rings is 1. The molecule has 0 atom stereocenters. The molecule has 20 heavy (non-hydrogen) atoms. The highest BCUT2D eigenvalue weighted by Gasteiger charge is 2.18. The molecule has 1 N–H and O–H groups in total.